The number of ketones is 1. The molecule has 0 aromatic carbocycles. The van der Waals surface area contributed by atoms with E-state index >= 15 is 0 Å². The Kier molecular flexibility index (Phi) is 3.70. The Morgan fingerprint density at radius 3 is 2.64 bits per heavy atom. The second-order valence-electron chi connectivity index (χ2n) is 2.91. The van der Waals surface area contributed by atoms with E-state index in [9.17, 15) is 4.79 Å². The Bertz CT molecular complexity index is 157. The molecule has 0 unspecified atom stereocenters. The number of hydrogen-bond acceptors (Lipinski definition) is 1. The van der Waals surface area contributed by atoms with Crippen LogP contribution in [0.4, 0.5) is 0 Å². The third kappa shape index (κ3) is 3.61. The highest BCUT2D eigenvalue weighted by Crippen LogP contribution is 2.13. The normalized spacial score (nSPS) is 19.7. The SMILES string of the molecule is CC(=O)/C=C/C[S+]1CCCC1. The van der Waals surface area contributed by atoms with E-state index in [1.54, 1.807) is 13.0 Å². The van der Waals surface area contributed by atoms with Gasteiger partial charge in [0.05, 0.1) is 0 Å². The molecule has 0 saturated carbocycles. The molecule has 0 N–H and O–H groups in total. The van der Waals surface area contributed by atoms with E-state index in [-0.39, 0.29) is 5.78 Å². The van der Waals surface area contributed by atoms with E-state index in [0.717, 1.165) is 5.75 Å². The van der Waals surface area contributed by atoms with Gasteiger partial charge in [0, 0.05) is 0 Å². The van der Waals surface area contributed by atoms with E-state index in [0.29, 0.717) is 10.9 Å². The number of allylic oxidation sites excluding steroid dienone is 1. The van der Waals surface area contributed by atoms with Crippen molar-refractivity contribution < 1.29 is 4.79 Å². The van der Waals surface area contributed by atoms with Gasteiger partial charge in [0.2, 0.25) is 0 Å². The summed E-state index contributed by atoms with van der Waals surface area (Å²) in [7, 11) is 0.617. The largest absolute Gasteiger partial charge is 0.295 e. The lowest BCUT2D eigenvalue weighted by Crippen LogP contribution is -2.06. The Morgan fingerprint density at radius 1 is 1.45 bits per heavy atom. The van der Waals surface area contributed by atoms with Gasteiger partial charge in [-0.15, -0.1) is 0 Å². The fourth-order valence-corrected chi connectivity index (χ4v) is 3.36. The summed E-state index contributed by atoms with van der Waals surface area (Å²) >= 11 is 0. The van der Waals surface area contributed by atoms with Gasteiger partial charge >= 0.3 is 0 Å². The van der Waals surface area contributed by atoms with E-state index in [4.69, 9.17) is 0 Å². The van der Waals surface area contributed by atoms with Gasteiger partial charge in [0.15, 0.2) is 5.78 Å². The molecular weight excluding hydrogens is 156 g/mol. The van der Waals surface area contributed by atoms with Crippen molar-refractivity contribution in [1.82, 2.24) is 0 Å². The molecule has 0 aromatic rings. The molecule has 1 nitrogen and oxygen atoms in total. The topological polar surface area (TPSA) is 17.1 Å². The summed E-state index contributed by atoms with van der Waals surface area (Å²) in [5.41, 5.74) is 0. The molecule has 1 rings (SSSR count). The first-order valence-corrected chi connectivity index (χ1v) is 5.83. The summed E-state index contributed by atoms with van der Waals surface area (Å²) in [6.07, 6.45) is 6.54. The predicted octanol–water partition coefficient (Wildman–Crippen LogP) is 1.54. The van der Waals surface area contributed by atoms with Crippen molar-refractivity contribution in [2.45, 2.75) is 19.8 Å². The number of carbonyl (C=O) groups excluding carboxylic acids is 1. The van der Waals surface area contributed by atoms with Crippen molar-refractivity contribution in [3.8, 4) is 0 Å². The van der Waals surface area contributed by atoms with Crippen LogP contribution in [0.2, 0.25) is 0 Å². The Hall–Kier alpha value is -0.240. The standard InChI is InChI=1S/C9H15OS/c1-9(10)5-4-8-11-6-2-3-7-11/h4-5H,2-3,6-8H2,1H3/q+1/b5-4+. The van der Waals surface area contributed by atoms with Crippen LogP contribution in [0.1, 0.15) is 19.8 Å². The van der Waals surface area contributed by atoms with Gasteiger partial charge in [-0.1, -0.05) is 0 Å². The third-order valence-electron chi connectivity index (χ3n) is 1.80. The molecule has 0 spiro atoms. The zero-order chi connectivity index (χ0) is 8.10. The molecular formula is C9H15OS+. The van der Waals surface area contributed by atoms with Crippen molar-refractivity contribution in [2.75, 3.05) is 17.3 Å². The van der Waals surface area contributed by atoms with Gasteiger partial charge in [-0.25, -0.2) is 0 Å². The lowest BCUT2D eigenvalue weighted by atomic mass is 10.4. The molecule has 0 bridgehead atoms. The summed E-state index contributed by atoms with van der Waals surface area (Å²) < 4.78 is 0. The molecule has 2 heteroatoms. The molecule has 0 aromatic heterocycles. The van der Waals surface area contributed by atoms with Crippen LogP contribution in [0, 0.1) is 0 Å². The van der Waals surface area contributed by atoms with E-state index in [1.165, 1.54) is 24.3 Å². The fourth-order valence-electron chi connectivity index (χ4n) is 1.23. The van der Waals surface area contributed by atoms with E-state index in [2.05, 4.69) is 0 Å². The molecule has 11 heavy (non-hydrogen) atoms. The zero-order valence-electron chi connectivity index (χ0n) is 7.01. The molecule has 0 aliphatic carbocycles. The first-order chi connectivity index (χ1) is 5.29. The van der Waals surface area contributed by atoms with Gasteiger partial charge < -0.3 is 0 Å². The van der Waals surface area contributed by atoms with E-state index < -0.39 is 0 Å². The maximum atomic E-state index is 10.5. The second kappa shape index (κ2) is 4.60. The number of carbonyl (C=O) groups is 1. The maximum Gasteiger partial charge on any atom is 0.152 e. The lowest BCUT2D eigenvalue weighted by Gasteiger charge is -1.93. The highest BCUT2D eigenvalue weighted by Gasteiger charge is 2.21. The van der Waals surface area contributed by atoms with Gasteiger partial charge in [-0.3, -0.25) is 4.79 Å². The van der Waals surface area contributed by atoms with Gasteiger partial charge in [-0.05, 0) is 42.8 Å². The molecule has 0 atom stereocenters. The number of rotatable bonds is 3. The fraction of sp³-hybridized carbons (Fsp3) is 0.667. The molecule has 1 aliphatic rings. The van der Waals surface area contributed by atoms with Gasteiger partial charge in [0.1, 0.15) is 17.3 Å². The Balaban J connectivity index is 2.15. The van der Waals surface area contributed by atoms with Crippen molar-refractivity contribution in [1.29, 1.82) is 0 Å². The summed E-state index contributed by atoms with van der Waals surface area (Å²) in [5.74, 6) is 4.09. The third-order valence-corrected chi connectivity index (χ3v) is 4.20. The minimum Gasteiger partial charge on any atom is -0.295 e. The predicted molar refractivity (Wildman–Crippen MR) is 51.0 cm³/mol. The monoisotopic (exact) mass is 171 g/mol. The minimum atomic E-state index is 0.174. The average molecular weight is 171 g/mol. The summed E-state index contributed by atoms with van der Waals surface area (Å²) in [6.45, 7) is 1.61. The van der Waals surface area contributed by atoms with Crippen LogP contribution >= 0.6 is 0 Å². The van der Waals surface area contributed by atoms with Crippen molar-refractivity contribution in [3.63, 3.8) is 0 Å². The van der Waals surface area contributed by atoms with Crippen LogP contribution in [0.25, 0.3) is 0 Å². The quantitative estimate of drug-likeness (QED) is 0.465. The molecule has 1 heterocycles. The molecule has 62 valence electrons. The summed E-state index contributed by atoms with van der Waals surface area (Å²) in [4.78, 5) is 10.5. The Labute approximate surface area is 71.2 Å². The highest BCUT2D eigenvalue weighted by molar-refractivity contribution is 7.97. The zero-order valence-corrected chi connectivity index (χ0v) is 7.82. The minimum absolute atomic E-state index is 0.174. The van der Waals surface area contributed by atoms with E-state index in [1.807, 2.05) is 6.08 Å². The lowest BCUT2D eigenvalue weighted by molar-refractivity contribution is -0.112. The van der Waals surface area contributed by atoms with Crippen molar-refractivity contribution >= 4 is 16.7 Å². The summed E-state index contributed by atoms with van der Waals surface area (Å²) in [5, 5.41) is 0. The molecule has 0 amide bonds. The molecule has 1 fully saturated rings. The van der Waals surface area contributed by atoms with Crippen LogP contribution in [0.15, 0.2) is 12.2 Å². The summed E-state index contributed by atoms with van der Waals surface area (Å²) in [6, 6.07) is 0. The molecule has 0 radical (unpaired) electrons. The maximum absolute atomic E-state index is 10.5. The van der Waals surface area contributed by atoms with Gasteiger partial charge in [-0.2, -0.15) is 0 Å². The number of hydrogen-bond donors (Lipinski definition) is 0. The Morgan fingerprint density at radius 2 is 2.09 bits per heavy atom. The first kappa shape index (κ1) is 8.85. The van der Waals surface area contributed by atoms with Crippen molar-refractivity contribution in [2.24, 2.45) is 0 Å². The molecule has 1 aliphatic heterocycles. The smallest absolute Gasteiger partial charge is 0.152 e. The van der Waals surface area contributed by atoms with Crippen LogP contribution in [0.3, 0.4) is 0 Å². The highest BCUT2D eigenvalue weighted by atomic mass is 32.2. The second-order valence-corrected chi connectivity index (χ2v) is 5.28. The van der Waals surface area contributed by atoms with Crippen LogP contribution in [-0.2, 0) is 15.7 Å². The van der Waals surface area contributed by atoms with Crippen LogP contribution < -0.4 is 0 Å². The van der Waals surface area contributed by atoms with Crippen LogP contribution in [-0.4, -0.2) is 23.0 Å². The average Bonchev–Trinajstić information content (AvgIpc) is 2.39. The van der Waals surface area contributed by atoms with Crippen LogP contribution in [0.5, 0.6) is 0 Å². The van der Waals surface area contributed by atoms with Crippen molar-refractivity contribution in [3.05, 3.63) is 12.2 Å². The molecule has 1 saturated heterocycles. The first-order valence-electron chi connectivity index (χ1n) is 4.10. The van der Waals surface area contributed by atoms with Gasteiger partial charge in [0.25, 0.3) is 0 Å².